The molecule has 0 atom stereocenters. The summed E-state index contributed by atoms with van der Waals surface area (Å²) in [6.07, 6.45) is 0.311. The van der Waals surface area contributed by atoms with Crippen molar-refractivity contribution in [3.8, 4) is 0 Å². The van der Waals surface area contributed by atoms with Crippen LogP contribution < -0.4 is 0 Å². The molecule has 1 amide bonds. The van der Waals surface area contributed by atoms with Gasteiger partial charge >= 0.3 is 0 Å². The van der Waals surface area contributed by atoms with Crippen LogP contribution in [0.15, 0.2) is 29.3 Å². The maximum atomic E-state index is 11.3. The molecule has 0 aliphatic rings. The second-order valence-corrected chi connectivity index (χ2v) is 3.70. The normalized spacial score (nSPS) is 9.64. The highest BCUT2D eigenvalue weighted by Gasteiger charge is 2.01. The van der Waals surface area contributed by atoms with E-state index in [4.69, 9.17) is 11.6 Å². The van der Waals surface area contributed by atoms with Crippen molar-refractivity contribution >= 4 is 23.2 Å². The Labute approximate surface area is 88.6 Å². The number of amides is 1. The van der Waals surface area contributed by atoms with Crippen LogP contribution in [-0.4, -0.2) is 11.6 Å². The van der Waals surface area contributed by atoms with Gasteiger partial charge in [-0.1, -0.05) is 23.7 Å². The van der Waals surface area contributed by atoms with E-state index in [0.717, 1.165) is 11.3 Å². The maximum absolute atomic E-state index is 11.3. The molecule has 0 unspecified atom stereocenters. The van der Waals surface area contributed by atoms with Gasteiger partial charge in [-0.05, 0) is 31.5 Å². The second kappa shape index (κ2) is 4.91. The topological polar surface area (TPSA) is 29.4 Å². The molecule has 0 spiro atoms. The lowest BCUT2D eigenvalue weighted by atomic mass is 10.1. The SMILES string of the molecule is CC(C)=NC(=O)Cc1cccc(Cl)c1. The summed E-state index contributed by atoms with van der Waals surface area (Å²) in [5, 5.41) is 0.646. The quantitative estimate of drug-likeness (QED) is 0.689. The number of nitrogens with zero attached hydrogens (tertiary/aromatic N) is 1. The lowest BCUT2D eigenvalue weighted by Crippen LogP contribution is -2.01. The Morgan fingerprint density at radius 1 is 1.43 bits per heavy atom. The average molecular weight is 210 g/mol. The molecule has 2 nitrogen and oxygen atoms in total. The molecule has 0 aliphatic carbocycles. The number of aliphatic imine (C=N–C) groups is 1. The van der Waals surface area contributed by atoms with Gasteiger partial charge in [-0.15, -0.1) is 0 Å². The first-order valence-electron chi connectivity index (χ1n) is 4.37. The van der Waals surface area contributed by atoms with Crippen LogP contribution in [0.4, 0.5) is 0 Å². The third-order valence-electron chi connectivity index (χ3n) is 1.59. The molecule has 0 bridgehead atoms. The maximum Gasteiger partial charge on any atom is 0.249 e. The Kier molecular flexibility index (Phi) is 3.84. The molecule has 0 aliphatic heterocycles. The Morgan fingerprint density at radius 3 is 2.71 bits per heavy atom. The van der Waals surface area contributed by atoms with Gasteiger partial charge in [0.2, 0.25) is 5.91 Å². The van der Waals surface area contributed by atoms with Crippen LogP contribution in [0.5, 0.6) is 0 Å². The molecule has 0 radical (unpaired) electrons. The van der Waals surface area contributed by atoms with Crippen molar-refractivity contribution in [2.24, 2.45) is 4.99 Å². The number of rotatable bonds is 2. The fourth-order valence-corrected chi connectivity index (χ4v) is 1.32. The summed E-state index contributed by atoms with van der Waals surface area (Å²) in [6, 6.07) is 7.25. The van der Waals surface area contributed by atoms with Gasteiger partial charge in [-0.2, -0.15) is 0 Å². The second-order valence-electron chi connectivity index (χ2n) is 3.26. The zero-order valence-corrected chi connectivity index (χ0v) is 9.01. The molecule has 1 aromatic carbocycles. The van der Waals surface area contributed by atoms with Gasteiger partial charge in [0, 0.05) is 10.7 Å². The predicted octanol–water partition coefficient (Wildman–Crippen LogP) is 2.89. The van der Waals surface area contributed by atoms with Crippen molar-refractivity contribution < 1.29 is 4.79 Å². The standard InChI is InChI=1S/C11H12ClNO/c1-8(2)13-11(14)7-9-4-3-5-10(12)6-9/h3-6H,7H2,1-2H3. The number of benzene rings is 1. The number of hydrogen-bond acceptors (Lipinski definition) is 1. The van der Waals surface area contributed by atoms with E-state index in [1.54, 1.807) is 26.0 Å². The Morgan fingerprint density at radius 2 is 2.14 bits per heavy atom. The van der Waals surface area contributed by atoms with E-state index < -0.39 is 0 Å². The van der Waals surface area contributed by atoms with Crippen LogP contribution in [0.1, 0.15) is 19.4 Å². The minimum atomic E-state index is -0.132. The molecular weight excluding hydrogens is 198 g/mol. The number of hydrogen-bond donors (Lipinski definition) is 0. The molecule has 0 saturated carbocycles. The van der Waals surface area contributed by atoms with E-state index >= 15 is 0 Å². The van der Waals surface area contributed by atoms with Crippen molar-refractivity contribution in [1.29, 1.82) is 0 Å². The van der Waals surface area contributed by atoms with Crippen molar-refractivity contribution in [1.82, 2.24) is 0 Å². The molecule has 0 N–H and O–H groups in total. The minimum Gasteiger partial charge on any atom is -0.272 e. The Bertz CT molecular complexity index is 367. The van der Waals surface area contributed by atoms with E-state index in [1.807, 2.05) is 12.1 Å². The van der Waals surface area contributed by atoms with Crippen molar-refractivity contribution in [2.45, 2.75) is 20.3 Å². The van der Waals surface area contributed by atoms with Crippen LogP contribution >= 0.6 is 11.6 Å². The molecule has 0 aromatic heterocycles. The van der Waals surface area contributed by atoms with Gasteiger partial charge in [-0.25, -0.2) is 4.99 Å². The smallest absolute Gasteiger partial charge is 0.249 e. The van der Waals surface area contributed by atoms with Crippen LogP contribution in [0.2, 0.25) is 5.02 Å². The molecule has 3 heteroatoms. The van der Waals surface area contributed by atoms with Crippen LogP contribution in [0.3, 0.4) is 0 Å². The first-order valence-corrected chi connectivity index (χ1v) is 4.75. The zero-order valence-electron chi connectivity index (χ0n) is 8.25. The van der Waals surface area contributed by atoms with E-state index in [-0.39, 0.29) is 5.91 Å². The van der Waals surface area contributed by atoms with E-state index in [2.05, 4.69) is 4.99 Å². The van der Waals surface area contributed by atoms with Gasteiger partial charge in [-0.3, -0.25) is 4.79 Å². The molecule has 1 rings (SSSR count). The zero-order chi connectivity index (χ0) is 10.6. The largest absolute Gasteiger partial charge is 0.272 e. The Balaban J connectivity index is 2.70. The van der Waals surface area contributed by atoms with Crippen LogP contribution in [0.25, 0.3) is 0 Å². The minimum absolute atomic E-state index is 0.132. The summed E-state index contributed by atoms with van der Waals surface area (Å²) in [6.45, 7) is 3.60. The van der Waals surface area contributed by atoms with Gasteiger partial charge in [0.1, 0.15) is 0 Å². The first kappa shape index (κ1) is 10.9. The van der Waals surface area contributed by atoms with E-state index in [0.29, 0.717) is 11.4 Å². The van der Waals surface area contributed by atoms with Crippen molar-refractivity contribution in [2.75, 3.05) is 0 Å². The molecule has 0 fully saturated rings. The number of halogens is 1. The highest BCUT2D eigenvalue weighted by atomic mass is 35.5. The predicted molar refractivity (Wildman–Crippen MR) is 58.9 cm³/mol. The summed E-state index contributed by atoms with van der Waals surface area (Å²) in [4.78, 5) is 15.1. The lowest BCUT2D eigenvalue weighted by molar-refractivity contribution is -0.117. The molecular formula is C11H12ClNO. The highest BCUT2D eigenvalue weighted by molar-refractivity contribution is 6.30. The van der Waals surface area contributed by atoms with E-state index in [9.17, 15) is 4.79 Å². The average Bonchev–Trinajstić information content (AvgIpc) is 2.01. The number of carbonyl (C=O) groups excluding carboxylic acids is 1. The van der Waals surface area contributed by atoms with E-state index in [1.165, 1.54) is 0 Å². The molecule has 14 heavy (non-hydrogen) atoms. The summed E-state index contributed by atoms with van der Waals surface area (Å²) in [5.74, 6) is -0.132. The van der Waals surface area contributed by atoms with Gasteiger partial charge in [0.15, 0.2) is 0 Å². The molecule has 0 heterocycles. The Hall–Kier alpha value is -1.15. The summed E-state index contributed by atoms with van der Waals surface area (Å²) < 4.78 is 0. The molecule has 1 aromatic rings. The van der Waals surface area contributed by atoms with Crippen LogP contribution in [0, 0.1) is 0 Å². The molecule has 0 saturated heterocycles. The van der Waals surface area contributed by atoms with Gasteiger partial charge in [0.25, 0.3) is 0 Å². The van der Waals surface area contributed by atoms with Crippen LogP contribution in [-0.2, 0) is 11.2 Å². The van der Waals surface area contributed by atoms with Gasteiger partial charge < -0.3 is 0 Å². The van der Waals surface area contributed by atoms with Crippen molar-refractivity contribution in [3.05, 3.63) is 34.9 Å². The summed E-state index contributed by atoms with van der Waals surface area (Å²) in [5.41, 5.74) is 1.67. The first-order chi connectivity index (χ1) is 6.58. The fourth-order valence-electron chi connectivity index (χ4n) is 1.11. The lowest BCUT2D eigenvalue weighted by Gasteiger charge is -1.98. The van der Waals surface area contributed by atoms with Crippen molar-refractivity contribution in [3.63, 3.8) is 0 Å². The summed E-state index contributed by atoms with van der Waals surface area (Å²) >= 11 is 5.79. The fraction of sp³-hybridized carbons (Fsp3) is 0.273. The highest BCUT2D eigenvalue weighted by Crippen LogP contribution is 2.11. The van der Waals surface area contributed by atoms with Gasteiger partial charge in [0.05, 0.1) is 6.42 Å². The number of carbonyl (C=O) groups is 1. The monoisotopic (exact) mass is 209 g/mol. The third-order valence-corrected chi connectivity index (χ3v) is 1.83. The third kappa shape index (κ3) is 3.71. The summed E-state index contributed by atoms with van der Waals surface area (Å²) in [7, 11) is 0. The molecule has 74 valence electrons.